The van der Waals surface area contributed by atoms with Gasteiger partial charge in [-0.3, -0.25) is 4.79 Å². The molecule has 1 saturated heterocycles. The van der Waals surface area contributed by atoms with E-state index in [9.17, 15) is 19.8 Å². The lowest BCUT2D eigenvalue weighted by Gasteiger charge is -2.35. The van der Waals surface area contributed by atoms with Gasteiger partial charge >= 0.3 is 0 Å². The van der Waals surface area contributed by atoms with Gasteiger partial charge in [-0.15, -0.1) is 0 Å². The summed E-state index contributed by atoms with van der Waals surface area (Å²) in [4.78, 5) is 22.3. The van der Waals surface area contributed by atoms with Crippen LogP contribution in [0.3, 0.4) is 0 Å². The number of aliphatic hydroxyl groups excluding tert-OH is 2. The van der Waals surface area contributed by atoms with Gasteiger partial charge in [0.15, 0.2) is 6.29 Å². The van der Waals surface area contributed by atoms with E-state index < -0.39 is 18.5 Å². The van der Waals surface area contributed by atoms with Crippen molar-refractivity contribution in [2.75, 3.05) is 13.2 Å². The van der Waals surface area contributed by atoms with E-state index in [1.165, 1.54) is 6.92 Å². The number of ether oxygens (including phenoxy) is 2. The van der Waals surface area contributed by atoms with Gasteiger partial charge in [-0.05, 0) is 26.7 Å². The molecule has 128 valence electrons. The molecule has 1 heterocycles. The standard InChI is InChI=1S/C15H27NO6/c1-10(17)5-3-4-6-13(19)16-7-8-21-15-14(20)12(18)9-11(2)22-15/h11-12,14-15,18,20H,3-9H2,1-2H3,(H,16,19)/t11-,12+,14-,15+/m0/s1. The monoisotopic (exact) mass is 317 g/mol. The van der Waals surface area contributed by atoms with Gasteiger partial charge in [0.2, 0.25) is 5.91 Å². The minimum Gasteiger partial charge on any atom is -0.390 e. The summed E-state index contributed by atoms with van der Waals surface area (Å²) in [6.07, 6.45) is -0.316. The van der Waals surface area contributed by atoms with E-state index in [-0.39, 0.29) is 24.4 Å². The molecular weight excluding hydrogens is 290 g/mol. The molecule has 1 fully saturated rings. The Morgan fingerprint density at radius 2 is 1.95 bits per heavy atom. The van der Waals surface area contributed by atoms with Crippen LogP contribution in [0, 0.1) is 0 Å². The first-order chi connectivity index (χ1) is 10.4. The van der Waals surface area contributed by atoms with Gasteiger partial charge in [0.1, 0.15) is 11.9 Å². The van der Waals surface area contributed by atoms with Gasteiger partial charge in [-0.25, -0.2) is 0 Å². The molecule has 7 nitrogen and oxygen atoms in total. The third kappa shape index (κ3) is 7.31. The Bertz CT molecular complexity index is 362. The van der Waals surface area contributed by atoms with Crippen LogP contribution in [0.2, 0.25) is 0 Å². The summed E-state index contributed by atoms with van der Waals surface area (Å²) in [5.41, 5.74) is 0. The second-order valence-corrected chi connectivity index (χ2v) is 5.74. The summed E-state index contributed by atoms with van der Waals surface area (Å²) in [7, 11) is 0. The summed E-state index contributed by atoms with van der Waals surface area (Å²) in [5, 5.41) is 22.1. The Labute approximate surface area is 131 Å². The fourth-order valence-electron chi connectivity index (χ4n) is 2.28. The molecular formula is C15H27NO6. The first-order valence-corrected chi connectivity index (χ1v) is 7.79. The summed E-state index contributed by atoms with van der Waals surface area (Å²) in [6, 6.07) is 0. The average molecular weight is 317 g/mol. The Morgan fingerprint density at radius 3 is 2.64 bits per heavy atom. The SMILES string of the molecule is CC(=O)CCCCC(=O)NCCO[C@@H]1O[C@@H](C)C[C@@H](O)[C@@H]1O. The number of carbonyl (C=O) groups is 2. The summed E-state index contributed by atoms with van der Waals surface area (Å²) in [5.74, 6) is 0.0435. The van der Waals surface area contributed by atoms with Gasteiger partial charge in [0.05, 0.1) is 18.8 Å². The van der Waals surface area contributed by atoms with Crippen LogP contribution in [0.25, 0.3) is 0 Å². The smallest absolute Gasteiger partial charge is 0.220 e. The second kappa shape index (κ2) is 9.89. The predicted molar refractivity (Wildman–Crippen MR) is 79.1 cm³/mol. The zero-order valence-electron chi connectivity index (χ0n) is 13.3. The molecule has 1 aliphatic rings. The lowest BCUT2D eigenvalue weighted by atomic mass is 10.0. The lowest BCUT2D eigenvalue weighted by molar-refractivity contribution is -0.262. The molecule has 0 aromatic carbocycles. The average Bonchev–Trinajstić information content (AvgIpc) is 2.44. The molecule has 1 amide bonds. The molecule has 0 spiro atoms. The van der Waals surface area contributed by atoms with Gasteiger partial charge in [-0.2, -0.15) is 0 Å². The van der Waals surface area contributed by atoms with E-state index >= 15 is 0 Å². The zero-order chi connectivity index (χ0) is 16.5. The van der Waals surface area contributed by atoms with Crippen LogP contribution in [-0.4, -0.2) is 59.7 Å². The minimum atomic E-state index is -1.07. The maximum atomic E-state index is 11.5. The number of hydrogen-bond donors (Lipinski definition) is 3. The fourth-order valence-corrected chi connectivity index (χ4v) is 2.28. The molecule has 0 unspecified atom stereocenters. The molecule has 0 saturated carbocycles. The number of hydrogen-bond acceptors (Lipinski definition) is 6. The molecule has 0 aliphatic carbocycles. The predicted octanol–water partition coefficient (Wildman–Crippen LogP) is 0.125. The van der Waals surface area contributed by atoms with E-state index in [0.717, 1.165) is 6.42 Å². The van der Waals surface area contributed by atoms with Gasteiger partial charge in [0, 0.05) is 25.8 Å². The highest BCUT2D eigenvalue weighted by atomic mass is 16.7. The van der Waals surface area contributed by atoms with Crippen LogP contribution >= 0.6 is 0 Å². The largest absolute Gasteiger partial charge is 0.390 e. The highest BCUT2D eigenvalue weighted by molar-refractivity contribution is 5.76. The Kier molecular flexibility index (Phi) is 8.55. The first-order valence-electron chi connectivity index (χ1n) is 7.79. The molecule has 0 radical (unpaired) electrons. The molecule has 1 aliphatic heterocycles. The van der Waals surface area contributed by atoms with Crippen LogP contribution in [0.5, 0.6) is 0 Å². The third-order valence-corrected chi connectivity index (χ3v) is 3.50. The molecule has 0 bridgehead atoms. The van der Waals surface area contributed by atoms with E-state index in [4.69, 9.17) is 9.47 Å². The fraction of sp³-hybridized carbons (Fsp3) is 0.867. The van der Waals surface area contributed by atoms with Gasteiger partial charge < -0.3 is 29.8 Å². The highest BCUT2D eigenvalue weighted by Crippen LogP contribution is 2.20. The second-order valence-electron chi connectivity index (χ2n) is 5.74. The van der Waals surface area contributed by atoms with Crippen LogP contribution < -0.4 is 5.32 Å². The topological polar surface area (TPSA) is 105 Å². The van der Waals surface area contributed by atoms with Crippen molar-refractivity contribution in [1.29, 1.82) is 0 Å². The van der Waals surface area contributed by atoms with Crippen molar-refractivity contribution in [3.05, 3.63) is 0 Å². The third-order valence-electron chi connectivity index (χ3n) is 3.50. The van der Waals surface area contributed by atoms with Crippen molar-refractivity contribution >= 4 is 11.7 Å². The number of ketones is 1. The van der Waals surface area contributed by atoms with E-state index in [1.807, 2.05) is 0 Å². The summed E-state index contributed by atoms with van der Waals surface area (Å²) >= 11 is 0. The number of rotatable bonds is 9. The van der Waals surface area contributed by atoms with Gasteiger partial charge in [0.25, 0.3) is 0 Å². The number of nitrogens with one attached hydrogen (secondary N) is 1. The molecule has 4 atom stereocenters. The lowest BCUT2D eigenvalue weighted by Crippen LogP contribution is -2.49. The minimum absolute atomic E-state index is 0.0920. The summed E-state index contributed by atoms with van der Waals surface area (Å²) in [6.45, 7) is 3.84. The van der Waals surface area contributed by atoms with Crippen LogP contribution in [0.15, 0.2) is 0 Å². The zero-order valence-corrected chi connectivity index (χ0v) is 13.3. The van der Waals surface area contributed by atoms with Crippen molar-refractivity contribution in [1.82, 2.24) is 5.32 Å². The Hall–Kier alpha value is -1.02. The number of Topliss-reactive ketones (excluding diaryl/α,β-unsaturated/α-hetero) is 1. The van der Waals surface area contributed by atoms with Gasteiger partial charge in [-0.1, -0.05) is 0 Å². The maximum absolute atomic E-state index is 11.5. The van der Waals surface area contributed by atoms with Crippen LogP contribution in [-0.2, 0) is 19.1 Å². The molecule has 0 aromatic rings. The van der Waals surface area contributed by atoms with Crippen molar-refractivity contribution in [2.24, 2.45) is 0 Å². The summed E-state index contributed by atoms with van der Waals surface area (Å²) < 4.78 is 10.8. The Morgan fingerprint density at radius 1 is 1.27 bits per heavy atom. The maximum Gasteiger partial charge on any atom is 0.220 e. The molecule has 7 heteroatoms. The molecule has 3 N–H and O–H groups in total. The molecule has 0 aromatic heterocycles. The number of carbonyl (C=O) groups excluding carboxylic acids is 2. The highest BCUT2D eigenvalue weighted by Gasteiger charge is 2.35. The molecule has 1 rings (SSSR count). The van der Waals surface area contributed by atoms with Crippen molar-refractivity contribution in [2.45, 2.75) is 70.6 Å². The van der Waals surface area contributed by atoms with E-state index in [0.29, 0.717) is 32.2 Å². The van der Waals surface area contributed by atoms with Crippen molar-refractivity contribution in [3.63, 3.8) is 0 Å². The Balaban J connectivity index is 2.09. The number of aliphatic hydroxyl groups is 2. The first kappa shape index (κ1) is 19.0. The van der Waals surface area contributed by atoms with Crippen LogP contribution in [0.4, 0.5) is 0 Å². The number of amides is 1. The van der Waals surface area contributed by atoms with Crippen molar-refractivity contribution < 1.29 is 29.3 Å². The van der Waals surface area contributed by atoms with E-state index in [1.54, 1.807) is 6.92 Å². The number of unbranched alkanes of at least 4 members (excludes halogenated alkanes) is 1. The van der Waals surface area contributed by atoms with Crippen LogP contribution in [0.1, 0.15) is 46.0 Å². The molecule has 22 heavy (non-hydrogen) atoms. The van der Waals surface area contributed by atoms with Crippen molar-refractivity contribution in [3.8, 4) is 0 Å². The van der Waals surface area contributed by atoms with E-state index in [2.05, 4.69) is 5.32 Å². The normalized spacial score (nSPS) is 28.4. The quantitative estimate of drug-likeness (QED) is 0.522.